The summed E-state index contributed by atoms with van der Waals surface area (Å²) in [6, 6.07) is 4.27. The minimum Gasteiger partial charge on any atom is -0.468 e. The molecule has 3 aromatic rings. The summed E-state index contributed by atoms with van der Waals surface area (Å²) in [4.78, 5) is 72.2. The van der Waals surface area contributed by atoms with Crippen LogP contribution in [0.1, 0.15) is 62.5 Å². The van der Waals surface area contributed by atoms with Crippen molar-refractivity contribution in [1.29, 1.82) is 0 Å². The van der Waals surface area contributed by atoms with Crippen molar-refractivity contribution in [2.24, 2.45) is 5.73 Å². The first-order valence-electron chi connectivity index (χ1n) is 15.8. The summed E-state index contributed by atoms with van der Waals surface area (Å²) in [5, 5.41) is 25.2. The van der Waals surface area contributed by atoms with E-state index in [4.69, 9.17) is 30.7 Å². The highest BCUT2D eigenvalue weighted by Crippen LogP contribution is 2.66. The van der Waals surface area contributed by atoms with E-state index in [0.717, 1.165) is 12.8 Å². The van der Waals surface area contributed by atoms with Crippen molar-refractivity contribution in [3.63, 3.8) is 0 Å². The van der Waals surface area contributed by atoms with Crippen LogP contribution < -0.4 is 21.5 Å². The van der Waals surface area contributed by atoms with Crippen molar-refractivity contribution in [2.75, 3.05) is 25.4 Å². The number of imidazole rings is 1. The number of aromatic nitrogens is 4. The molecule has 6 atom stereocenters. The molecule has 2 aromatic heterocycles. The number of anilines is 1. The van der Waals surface area contributed by atoms with Crippen LogP contribution >= 0.6 is 23.5 Å². The monoisotopic (exact) mass is 822 g/mol. The number of aliphatic hydroxyl groups excluding tert-OH is 1. The number of nitro benzene ring substituents is 1. The summed E-state index contributed by atoms with van der Waals surface area (Å²) in [6.45, 7) is 1.23. The zero-order chi connectivity index (χ0) is 39.8. The van der Waals surface area contributed by atoms with Crippen LogP contribution in [0.5, 0.6) is 5.88 Å². The van der Waals surface area contributed by atoms with Gasteiger partial charge < -0.3 is 50.9 Å². The molecule has 0 aliphatic carbocycles. The highest BCUT2D eigenvalue weighted by atomic mass is 31.3. The largest absolute Gasteiger partial charge is 0.490 e. The molecular formula is C27H37N8O16P3. The van der Waals surface area contributed by atoms with Gasteiger partial charge in [-0.1, -0.05) is 18.3 Å². The van der Waals surface area contributed by atoms with Gasteiger partial charge in [0.05, 0.1) is 36.1 Å². The number of phosphoric ester groups is 1. The van der Waals surface area contributed by atoms with Crippen LogP contribution in [0.25, 0.3) is 11.2 Å². The van der Waals surface area contributed by atoms with Crippen LogP contribution in [0.3, 0.4) is 0 Å². The van der Waals surface area contributed by atoms with Gasteiger partial charge in [-0.2, -0.15) is 18.6 Å². The van der Waals surface area contributed by atoms with Crippen LogP contribution in [0.4, 0.5) is 11.6 Å². The van der Waals surface area contributed by atoms with Gasteiger partial charge >= 0.3 is 23.5 Å². The number of fused-ring (bicyclic) bond motifs is 1. The summed E-state index contributed by atoms with van der Waals surface area (Å²) < 4.78 is 59.4. The van der Waals surface area contributed by atoms with Gasteiger partial charge in [-0.3, -0.25) is 24.0 Å². The van der Waals surface area contributed by atoms with Crippen LogP contribution in [0.2, 0.25) is 0 Å². The summed E-state index contributed by atoms with van der Waals surface area (Å²) >= 11 is 0. The molecule has 24 nitrogen and oxygen atoms in total. The average Bonchev–Trinajstić information content (AvgIpc) is 3.65. The minimum absolute atomic E-state index is 0.0393. The predicted octanol–water partition coefficient (Wildman–Crippen LogP) is 1.44. The van der Waals surface area contributed by atoms with Crippen molar-refractivity contribution >= 4 is 52.2 Å². The van der Waals surface area contributed by atoms with Crippen LogP contribution in [0, 0.1) is 22.0 Å². The number of ether oxygens (including phenoxy) is 2. The second-order valence-electron chi connectivity index (χ2n) is 11.5. The molecule has 0 saturated carbocycles. The maximum atomic E-state index is 12.1. The van der Waals surface area contributed by atoms with Gasteiger partial charge in [0.15, 0.2) is 11.2 Å². The first kappa shape index (κ1) is 42.8. The Kier molecular flexibility index (Phi) is 14.4. The Morgan fingerprint density at radius 1 is 1.17 bits per heavy atom. The number of nitrogen functional groups attached to an aromatic ring is 1. The molecule has 1 aliphatic heterocycles. The average molecular weight is 823 g/mol. The molecule has 10 N–H and O–H groups in total. The maximum absolute atomic E-state index is 12.1. The number of nitrogens with one attached hydrogen (secondary N) is 1. The Hall–Kier alpha value is -3.91. The smallest absolute Gasteiger partial charge is 0.468 e. The summed E-state index contributed by atoms with van der Waals surface area (Å²) in [7, 11) is -16.8. The van der Waals surface area contributed by atoms with E-state index < -0.39 is 59.5 Å². The fourth-order valence-corrected chi connectivity index (χ4v) is 8.07. The molecule has 1 fully saturated rings. The fourth-order valence-electron chi connectivity index (χ4n) is 5.04. The first-order chi connectivity index (χ1) is 25.3. The first-order valence-corrected chi connectivity index (χ1v) is 20.3. The molecular weight excluding hydrogens is 785 g/mol. The third kappa shape index (κ3) is 12.3. The zero-order valence-corrected chi connectivity index (χ0v) is 30.9. The number of hydrogen-bond donors (Lipinski definition) is 8. The number of carbonyl (C=O) groups excluding carboxylic acids is 1. The molecule has 3 unspecified atom stereocenters. The van der Waals surface area contributed by atoms with E-state index in [1.807, 2.05) is 0 Å². The van der Waals surface area contributed by atoms with Crippen molar-refractivity contribution in [3.05, 3.63) is 45.8 Å². The van der Waals surface area contributed by atoms with Crippen molar-refractivity contribution in [3.8, 4) is 17.7 Å². The van der Waals surface area contributed by atoms with Gasteiger partial charge in [-0.25, -0.2) is 18.7 Å². The van der Waals surface area contributed by atoms with Crippen molar-refractivity contribution < 1.29 is 70.7 Å². The van der Waals surface area contributed by atoms with Gasteiger partial charge in [0.25, 0.3) is 5.69 Å². The Bertz CT molecular complexity index is 2050. The molecule has 1 aliphatic rings. The highest BCUT2D eigenvalue weighted by molar-refractivity contribution is 7.66. The van der Waals surface area contributed by atoms with Gasteiger partial charge in [-0.05, 0) is 38.4 Å². The van der Waals surface area contributed by atoms with E-state index in [2.05, 4.69) is 45.3 Å². The number of amides is 1. The number of nitrogens with zero attached hydrogens (tertiary/aromatic N) is 5. The number of rotatable bonds is 18. The van der Waals surface area contributed by atoms with Crippen molar-refractivity contribution in [2.45, 2.75) is 63.6 Å². The molecule has 54 heavy (non-hydrogen) atoms. The standard InChI is InChI=1S/C27H37N8O16P3/c1-16(18-9-8-17(12-19(18)35(38)39)6-5-11-30-22(37)7-3-2-4-10-28)48-26-24-25(32-27(29)33-26)34(15-31-24)23-13-20(36)21(49-23)14-47-53(43,44)51-54(45,46)50-52(40,41)42/h8-9,12,15-16,20-21,23,36H,2-4,7,10-11,13-14,28H2,1H3,(H,30,37)(H,43,44)(H,45,46)(H2,29,32,33)(H2,40,41,42)/t16-,20?,21+,23+/m0/s1. The number of aliphatic hydroxyl groups is 1. The number of phosphoric acid groups is 3. The number of nitrogens with two attached hydrogens (primary N) is 2. The summed E-state index contributed by atoms with van der Waals surface area (Å²) in [5.74, 6) is 4.93. The number of carbonyl (C=O) groups is 1. The van der Waals surface area contributed by atoms with E-state index in [1.165, 1.54) is 30.0 Å². The van der Waals surface area contributed by atoms with Gasteiger partial charge in [0, 0.05) is 24.5 Å². The lowest BCUT2D eigenvalue weighted by Crippen LogP contribution is -2.26. The minimum atomic E-state index is -5.76. The van der Waals surface area contributed by atoms with Gasteiger partial charge in [0.1, 0.15) is 18.4 Å². The Balaban J connectivity index is 1.43. The molecule has 0 bridgehead atoms. The van der Waals surface area contributed by atoms with Gasteiger partial charge in [-0.15, -0.1) is 0 Å². The van der Waals surface area contributed by atoms with E-state index >= 15 is 0 Å². The molecule has 3 heterocycles. The molecule has 27 heteroatoms. The molecule has 1 amide bonds. The lowest BCUT2D eigenvalue weighted by molar-refractivity contribution is -0.386. The predicted molar refractivity (Wildman–Crippen MR) is 184 cm³/mol. The summed E-state index contributed by atoms with van der Waals surface area (Å²) in [6.07, 6.45) is -0.967. The van der Waals surface area contributed by atoms with E-state index in [-0.39, 0.29) is 53.1 Å². The zero-order valence-electron chi connectivity index (χ0n) is 28.2. The van der Waals surface area contributed by atoms with E-state index in [0.29, 0.717) is 24.9 Å². The number of unbranched alkanes of at least 4 members (excludes halogenated alkanes) is 2. The second kappa shape index (κ2) is 18.1. The third-order valence-electron chi connectivity index (χ3n) is 7.41. The van der Waals surface area contributed by atoms with Crippen LogP contribution in [-0.2, 0) is 36.4 Å². The topological polar surface area (TPSA) is 366 Å². The lowest BCUT2D eigenvalue weighted by Gasteiger charge is -2.19. The number of benzene rings is 1. The molecule has 296 valence electrons. The molecule has 4 rings (SSSR count). The normalized spacial score (nSPS) is 20.0. The Morgan fingerprint density at radius 2 is 1.91 bits per heavy atom. The number of nitro groups is 1. The molecule has 0 radical (unpaired) electrons. The summed E-state index contributed by atoms with van der Waals surface area (Å²) in [5.41, 5.74) is 11.6. The molecule has 0 spiro atoms. The fraction of sp³-hybridized carbons (Fsp3) is 0.481. The SMILES string of the molecule is C[C@H](Oc1nc(N)nc2c1ncn2[C@H]1CC(O)[C@@H](COP(=O)(O)OP(=O)(O)OP(=O)(O)O)O1)c1ccc(C#CCNC(=O)CCCCCN)cc1[N+](=O)[O-]. The quantitative estimate of drug-likeness (QED) is 0.0296. The molecule has 1 aromatic carbocycles. The highest BCUT2D eigenvalue weighted by Gasteiger charge is 2.43. The van der Waals surface area contributed by atoms with Crippen LogP contribution in [-0.4, -0.2) is 86.9 Å². The number of hydrogen-bond acceptors (Lipinski definition) is 17. The second-order valence-corrected chi connectivity index (χ2v) is 15.9. The van der Waals surface area contributed by atoms with Crippen LogP contribution in [0.15, 0.2) is 24.5 Å². The Morgan fingerprint density at radius 3 is 2.59 bits per heavy atom. The maximum Gasteiger partial charge on any atom is 0.490 e. The Labute approximate surface area is 305 Å². The van der Waals surface area contributed by atoms with E-state index in [1.54, 1.807) is 6.07 Å². The van der Waals surface area contributed by atoms with Gasteiger partial charge in [0.2, 0.25) is 17.7 Å². The molecule has 1 saturated heterocycles. The third-order valence-corrected chi connectivity index (χ3v) is 11.2. The lowest BCUT2D eigenvalue weighted by atomic mass is 10.1. The van der Waals surface area contributed by atoms with E-state index in [9.17, 15) is 43.5 Å². The van der Waals surface area contributed by atoms with Crippen molar-refractivity contribution in [1.82, 2.24) is 24.8 Å².